The standard InChI is InChI=1S/C41H56O3/c1-31(19-14-21-33(3)22-16-24-35(5)26-28-39(44-11)41(9,10)43)17-12-13-18-32(2)20-15-23-34(4)25-27-37-36(6)38(42)29-30-40(37,7)8/h12-28,39,43H,29-30H2,1-11H3/b13-12+,19-14+,20-15+,22-16+,27-25+,28-26+,31-17+,32-18+,33-21+,34-23+,35-24+/t39-/m1/s1. The Hall–Kier alpha value is -3.53. The van der Waals surface area contributed by atoms with E-state index in [1.165, 1.54) is 0 Å². The first-order valence-electron chi connectivity index (χ1n) is 15.5. The Morgan fingerprint density at radius 1 is 0.750 bits per heavy atom. The van der Waals surface area contributed by atoms with Crippen LogP contribution in [-0.2, 0) is 9.53 Å². The van der Waals surface area contributed by atoms with Crippen LogP contribution in [0.2, 0.25) is 0 Å². The van der Waals surface area contributed by atoms with E-state index in [2.05, 4.69) is 108 Å². The first-order chi connectivity index (χ1) is 20.6. The highest BCUT2D eigenvalue weighted by Crippen LogP contribution is 2.39. The Morgan fingerprint density at radius 2 is 1.16 bits per heavy atom. The van der Waals surface area contributed by atoms with Crippen LogP contribution in [0.25, 0.3) is 0 Å². The number of methoxy groups -OCH3 is 1. The van der Waals surface area contributed by atoms with Gasteiger partial charge in [-0.05, 0) is 78.4 Å². The van der Waals surface area contributed by atoms with Crippen LogP contribution in [0.15, 0.2) is 142 Å². The minimum atomic E-state index is -0.923. The lowest BCUT2D eigenvalue weighted by Gasteiger charge is -2.32. The number of Topliss-reactive ketones (excluding diaryl/α,β-unsaturated/α-hetero) is 1. The van der Waals surface area contributed by atoms with E-state index >= 15 is 0 Å². The molecule has 0 unspecified atom stereocenters. The van der Waals surface area contributed by atoms with Crippen LogP contribution in [0.4, 0.5) is 0 Å². The van der Waals surface area contributed by atoms with Crippen LogP contribution in [0.5, 0.6) is 0 Å². The number of aliphatic hydroxyl groups is 1. The molecule has 0 heterocycles. The van der Waals surface area contributed by atoms with Gasteiger partial charge < -0.3 is 9.84 Å². The van der Waals surface area contributed by atoms with Gasteiger partial charge >= 0.3 is 0 Å². The Bertz CT molecular complexity index is 1350. The number of carbonyl (C=O) groups excluding carboxylic acids is 1. The molecule has 1 atom stereocenters. The molecule has 238 valence electrons. The Morgan fingerprint density at radius 3 is 1.59 bits per heavy atom. The van der Waals surface area contributed by atoms with E-state index < -0.39 is 5.60 Å². The van der Waals surface area contributed by atoms with E-state index in [-0.39, 0.29) is 17.3 Å². The van der Waals surface area contributed by atoms with Crippen LogP contribution in [-0.4, -0.2) is 29.7 Å². The minimum absolute atomic E-state index is 0.0384. The predicted octanol–water partition coefficient (Wildman–Crippen LogP) is 10.5. The Labute approximate surface area is 268 Å². The number of ketones is 1. The third-order valence-electron chi connectivity index (χ3n) is 7.51. The molecule has 0 fully saturated rings. The first kappa shape index (κ1) is 38.5. The van der Waals surface area contributed by atoms with E-state index in [1.807, 2.05) is 50.3 Å². The maximum Gasteiger partial charge on any atom is 0.158 e. The second kappa shape index (κ2) is 19.0. The molecule has 0 saturated heterocycles. The highest BCUT2D eigenvalue weighted by Gasteiger charge is 2.30. The molecule has 0 aromatic rings. The van der Waals surface area contributed by atoms with Gasteiger partial charge in [-0.2, -0.15) is 0 Å². The monoisotopic (exact) mass is 596 g/mol. The molecular weight excluding hydrogens is 540 g/mol. The van der Waals surface area contributed by atoms with Gasteiger partial charge in [-0.3, -0.25) is 4.79 Å². The van der Waals surface area contributed by atoms with E-state index in [0.717, 1.165) is 45.4 Å². The summed E-state index contributed by atoms with van der Waals surface area (Å²) in [6.07, 6.45) is 36.1. The molecule has 0 aromatic heterocycles. The van der Waals surface area contributed by atoms with Gasteiger partial charge in [-0.1, -0.05) is 145 Å². The van der Waals surface area contributed by atoms with Gasteiger partial charge in [0.2, 0.25) is 0 Å². The zero-order valence-corrected chi connectivity index (χ0v) is 29.1. The molecule has 1 aliphatic carbocycles. The van der Waals surface area contributed by atoms with Gasteiger partial charge in [-0.15, -0.1) is 0 Å². The summed E-state index contributed by atoms with van der Waals surface area (Å²) in [5.74, 6) is 0.269. The maximum atomic E-state index is 12.2. The lowest BCUT2D eigenvalue weighted by atomic mass is 9.72. The van der Waals surface area contributed by atoms with Crippen molar-refractivity contribution < 1.29 is 14.6 Å². The van der Waals surface area contributed by atoms with Crippen molar-refractivity contribution in [3.63, 3.8) is 0 Å². The third kappa shape index (κ3) is 15.3. The fourth-order valence-corrected chi connectivity index (χ4v) is 4.56. The van der Waals surface area contributed by atoms with E-state index in [0.29, 0.717) is 6.42 Å². The summed E-state index contributed by atoms with van der Waals surface area (Å²) in [7, 11) is 1.60. The summed E-state index contributed by atoms with van der Waals surface area (Å²) in [6, 6.07) is 0. The molecule has 3 nitrogen and oxygen atoms in total. The second-order valence-corrected chi connectivity index (χ2v) is 12.9. The summed E-state index contributed by atoms with van der Waals surface area (Å²) in [6.45, 7) is 20.2. The summed E-state index contributed by atoms with van der Waals surface area (Å²) in [5.41, 5.74) is 6.86. The third-order valence-corrected chi connectivity index (χ3v) is 7.51. The van der Waals surface area contributed by atoms with Crippen molar-refractivity contribution in [1.29, 1.82) is 0 Å². The number of ether oxygens (including phenoxy) is 1. The zero-order chi connectivity index (χ0) is 33.3. The number of rotatable bonds is 14. The lowest BCUT2D eigenvalue weighted by molar-refractivity contribution is -0.116. The van der Waals surface area contributed by atoms with Crippen molar-refractivity contribution in [2.24, 2.45) is 5.41 Å². The topological polar surface area (TPSA) is 46.5 Å². The summed E-state index contributed by atoms with van der Waals surface area (Å²) < 4.78 is 5.34. The summed E-state index contributed by atoms with van der Waals surface area (Å²) in [4.78, 5) is 12.2. The number of carbonyl (C=O) groups is 1. The number of hydrogen-bond acceptors (Lipinski definition) is 3. The van der Waals surface area contributed by atoms with Crippen LogP contribution >= 0.6 is 0 Å². The summed E-state index contributed by atoms with van der Waals surface area (Å²) in [5, 5.41) is 10.1. The first-order valence-corrected chi connectivity index (χ1v) is 15.5. The minimum Gasteiger partial charge on any atom is -0.387 e. The Balaban J connectivity index is 2.66. The van der Waals surface area contributed by atoms with Crippen molar-refractivity contribution in [1.82, 2.24) is 0 Å². The number of hydrogen-bond donors (Lipinski definition) is 1. The van der Waals surface area contributed by atoms with Crippen LogP contribution < -0.4 is 0 Å². The maximum absolute atomic E-state index is 12.2. The smallest absolute Gasteiger partial charge is 0.158 e. The second-order valence-electron chi connectivity index (χ2n) is 12.9. The van der Waals surface area contributed by atoms with Gasteiger partial charge in [0.05, 0.1) is 5.60 Å². The molecule has 1 rings (SSSR count). The molecule has 1 N–H and O–H groups in total. The average Bonchev–Trinajstić information content (AvgIpc) is 2.93. The largest absolute Gasteiger partial charge is 0.387 e. The molecular formula is C41H56O3. The number of allylic oxidation sites excluding steroid dienone is 23. The van der Waals surface area contributed by atoms with Gasteiger partial charge in [0.15, 0.2) is 5.78 Å². The quantitative estimate of drug-likeness (QED) is 0.203. The highest BCUT2D eigenvalue weighted by molar-refractivity contribution is 5.97. The molecule has 0 bridgehead atoms. The highest BCUT2D eigenvalue weighted by atomic mass is 16.5. The fourth-order valence-electron chi connectivity index (χ4n) is 4.56. The van der Waals surface area contributed by atoms with E-state index in [1.54, 1.807) is 21.0 Å². The van der Waals surface area contributed by atoms with Gasteiger partial charge in [0, 0.05) is 13.5 Å². The molecule has 1 aliphatic rings. The molecule has 0 aliphatic heterocycles. The van der Waals surface area contributed by atoms with Crippen LogP contribution in [0.3, 0.4) is 0 Å². The van der Waals surface area contributed by atoms with Gasteiger partial charge in [0.25, 0.3) is 0 Å². The SMILES string of the molecule is CO[C@H](/C=C/C(C)=C/C=C/C(C)=C/C=C/C(C)=C/C=C/C=C(C)/C=C/C=C(C)/C=C/C1=C(C)C(=O)CCC1(C)C)C(C)(C)O. The van der Waals surface area contributed by atoms with Gasteiger partial charge in [-0.25, -0.2) is 0 Å². The molecule has 0 saturated carbocycles. The molecule has 0 spiro atoms. The van der Waals surface area contributed by atoms with Crippen LogP contribution in [0, 0.1) is 5.41 Å². The molecule has 0 amide bonds. The van der Waals surface area contributed by atoms with Crippen molar-refractivity contribution in [2.45, 2.75) is 93.8 Å². The van der Waals surface area contributed by atoms with Crippen molar-refractivity contribution in [3.8, 4) is 0 Å². The van der Waals surface area contributed by atoms with E-state index in [4.69, 9.17) is 4.74 Å². The molecule has 44 heavy (non-hydrogen) atoms. The average molecular weight is 597 g/mol. The predicted molar refractivity (Wildman–Crippen MR) is 191 cm³/mol. The van der Waals surface area contributed by atoms with Crippen molar-refractivity contribution in [3.05, 3.63) is 142 Å². The van der Waals surface area contributed by atoms with Crippen molar-refractivity contribution in [2.75, 3.05) is 7.11 Å². The molecule has 0 radical (unpaired) electrons. The van der Waals surface area contributed by atoms with Crippen molar-refractivity contribution >= 4 is 5.78 Å². The van der Waals surface area contributed by atoms with E-state index in [9.17, 15) is 9.90 Å². The molecule has 0 aromatic carbocycles. The molecule has 3 heteroatoms. The zero-order valence-electron chi connectivity index (χ0n) is 29.1. The Kier molecular flexibility index (Phi) is 16.6. The normalized spacial score (nSPS) is 19.5. The van der Waals surface area contributed by atoms with Crippen LogP contribution in [0.1, 0.15) is 82.1 Å². The van der Waals surface area contributed by atoms with Gasteiger partial charge in [0.1, 0.15) is 6.10 Å². The lowest BCUT2D eigenvalue weighted by Crippen LogP contribution is -2.35. The fraction of sp³-hybridized carbons (Fsp3) is 0.390. The summed E-state index contributed by atoms with van der Waals surface area (Å²) >= 11 is 0.